The lowest BCUT2D eigenvalue weighted by molar-refractivity contribution is -0.114. The zero-order valence-corrected chi connectivity index (χ0v) is 17.2. The minimum Gasteiger partial charge on any atom is -0.489 e. The van der Waals surface area contributed by atoms with Crippen LogP contribution in [0.3, 0.4) is 0 Å². The molecule has 1 amide bonds. The number of ether oxygens (including phenoxy) is 1. The van der Waals surface area contributed by atoms with E-state index in [4.69, 9.17) is 22.1 Å². The van der Waals surface area contributed by atoms with Gasteiger partial charge in [-0.25, -0.2) is 0 Å². The number of nitrogens with zero attached hydrogens (tertiary/aromatic N) is 1. The molecular weight excluding hydrogens is 392 g/mol. The Labute approximate surface area is 175 Å². The first kappa shape index (κ1) is 21.2. The Hall–Kier alpha value is -2.48. The fraction of sp³-hybridized carbons (Fsp3) is 0.381. The van der Waals surface area contributed by atoms with Crippen LogP contribution in [0.2, 0.25) is 5.02 Å². The standard InChI is InChI=1S/C21H27ClN4O3/c1-14(27)24-15-8-9-20(17(22)11-15)29-13-16(28)12-26-19-6-3-2-5-18(19)25-21(26)7-4-10-23/h2-3,5-6,8-9,11,16,21,25,28H,4,7,10,12-13,23H2,1H3,(H,24,27). The third-order valence-corrected chi connectivity index (χ3v) is 4.98. The van der Waals surface area contributed by atoms with Crippen LogP contribution in [-0.2, 0) is 4.79 Å². The van der Waals surface area contributed by atoms with Gasteiger partial charge in [0.05, 0.1) is 22.6 Å². The summed E-state index contributed by atoms with van der Waals surface area (Å²) in [6.45, 7) is 2.57. The summed E-state index contributed by atoms with van der Waals surface area (Å²) in [5, 5.41) is 17.1. The van der Waals surface area contributed by atoms with Crippen molar-refractivity contribution in [3.05, 3.63) is 47.5 Å². The Morgan fingerprint density at radius 1 is 1.38 bits per heavy atom. The van der Waals surface area contributed by atoms with E-state index in [9.17, 15) is 9.90 Å². The molecule has 0 aromatic heterocycles. The highest BCUT2D eigenvalue weighted by atomic mass is 35.5. The van der Waals surface area contributed by atoms with E-state index in [1.54, 1.807) is 18.2 Å². The van der Waals surface area contributed by atoms with Gasteiger partial charge in [-0.3, -0.25) is 4.79 Å². The highest BCUT2D eigenvalue weighted by molar-refractivity contribution is 6.32. The third-order valence-electron chi connectivity index (χ3n) is 4.68. The maximum absolute atomic E-state index is 11.1. The summed E-state index contributed by atoms with van der Waals surface area (Å²) >= 11 is 6.22. The Morgan fingerprint density at radius 3 is 2.90 bits per heavy atom. The molecule has 2 atom stereocenters. The van der Waals surface area contributed by atoms with Crippen molar-refractivity contribution in [1.82, 2.24) is 0 Å². The van der Waals surface area contributed by atoms with Crippen LogP contribution in [0, 0.1) is 0 Å². The number of nitrogens with two attached hydrogens (primary N) is 1. The van der Waals surface area contributed by atoms with Crippen molar-refractivity contribution in [1.29, 1.82) is 0 Å². The minimum atomic E-state index is -0.713. The van der Waals surface area contributed by atoms with Gasteiger partial charge in [-0.05, 0) is 49.7 Å². The molecule has 0 bridgehead atoms. The number of carbonyl (C=O) groups excluding carboxylic acids is 1. The minimum absolute atomic E-state index is 0.0890. The number of aliphatic hydroxyl groups is 1. The van der Waals surface area contributed by atoms with Crippen molar-refractivity contribution >= 4 is 34.6 Å². The second-order valence-electron chi connectivity index (χ2n) is 7.05. The quantitative estimate of drug-likeness (QED) is 0.499. The molecule has 156 valence electrons. The topological polar surface area (TPSA) is 99.8 Å². The number of rotatable bonds is 9. The molecule has 8 heteroatoms. The number of nitrogens with one attached hydrogen (secondary N) is 2. The molecule has 7 nitrogen and oxygen atoms in total. The Bertz CT molecular complexity index is 848. The highest BCUT2D eigenvalue weighted by Crippen LogP contribution is 2.35. The molecule has 29 heavy (non-hydrogen) atoms. The van der Waals surface area contributed by atoms with E-state index in [0.29, 0.717) is 29.5 Å². The van der Waals surface area contributed by atoms with Crippen LogP contribution in [0.5, 0.6) is 5.75 Å². The first-order chi connectivity index (χ1) is 14.0. The fourth-order valence-corrected chi connectivity index (χ4v) is 3.64. The zero-order chi connectivity index (χ0) is 20.8. The average molecular weight is 419 g/mol. The molecule has 0 spiro atoms. The van der Waals surface area contributed by atoms with Gasteiger partial charge in [-0.2, -0.15) is 0 Å². The molecule has 0 aliphatic carbocycles. The molecule has 2 unspecified atom stereocenters. The second-order valence-corrected chi connectivity index (χ2v) is 7.46. The molecule has 5 N–H and O–H groups in total. The van der Waals surface area contributed by atoms with Gasteiger partial charge in [0, 0.05) is 19.2 Å². The number of amides is 1. The number of hydrogen-bond donors (Lipinski definition) is 4. The average Bonchev–Trinajstić information content (AvgIpc) is 3.02. The normalized spacial score (nSPS) is 16.1. The summed E-state index contributed by atoms with van der Waals surface area (Å²) in [6.07, 6.45) is 1.15. The summed E-state index contributed by atoms with van der Waals surface area (Å²) in [5.41, 5.74) is 8.38. The lowest BCUT2D eigenvalue weighted by atomic mass is 10.2. The van der Waals surface area contributed by atoms with E-state index in [0.717, 1.165) is 24.2 Å². The molecule has 2 aromatic carbocycles. The second kappa shape index (κ2) is 9.82. The number of hydrogen-bond acceptors (Lipinski definition) is 6. The first-order valence-corrected chi connectivity index (χ1v) is 10.1. The summed E-state index contributed by atoms with van der Waals surface area (Å²) < 4.78 is 5.71. The number of benzene rings is 2. The smallest absolute Gasteiger partial charge is 0.221 e. The van der Waals surface area contributed by atoms with Crippen LogP contribution in [0.25, 0.3) is 0 Å². The van der Waals surface area contributed by atoms with E-state index >= 15 is 0 Å². The van der Waals surface area contributed by atoms with Gasteiger partial charge in [0.2, 0.25) is 5.91 Å². The number of anilines is 3. The lowest BCUT2D eigenvalue weighted by Crippen LogP contribution is -2.42. The molecule has 0 saturated heterocycles. The van der Waals surface area contributed by atoms with E-state index in [-0.39, 0.29) is 18.7 Å². The van der Waals surface area contributed by atoms with Crippen molar-refractivity contribution < 1.29 is 14.6 Å². The highest BCUT2D eigenvalue weighted by Gasteiger charge is 2.29. The monoisotopic (exact) mass is 418 g/mol. The van der Waals surface area contributed by atoms with Crippen molar-refractivity contribution in [2.24, 2.45) is 5.73 Å². The fourth-order valence-electron chi connectivity index (χ4n) is 3.40. The van der Waals surface area contributed by atoms with E-state index in [2.05, 4.69) is 15.5 Å². The van der Waals surface area contributed by atoms with Crippen molar-refractivity contribution in [3.8, 4) is 5.75 Å². The molecule has 0 saturated carbocycles. The predicted molar refractivity (Wildman–Crippen MR) is 117 cm³/mol. The number of halogens is 1. The summed E-state index contributed by atoms with van der Waals surface area (Å²) in [4.78, 5) is 13.3. The molecule has 0 fully saturated rings. The van der Waals surface area contributed by atoms with E-state index < -0.39 is 6.10 Å². The van der Waals surface area contributed by atoms with Crippen LogP contribution in [0.1, 0.15) is 19.8 Å². The van der Waals surface area contributed by atoms with Crippen molar-refractivity contribution in [2.45, 2.75) is 32.0 Å². The third kappa shape index (κ3) is 5.53. The van der Waals surface area contributed by atoms with Crippen LogP contribution < -0.4 is 26.0 Å². The molecule has 1 heterocycles. The largest absolute Gasteiger partial charge is 0.489 e. The SMILES string of the molecule is CC(=O)Nc1ccc(OCC(O)CN2c3ccccc3NC2CCCN)c(Cl)c1. The number of para-hydroxylation sites is 2. The molecular formula is C21H27ClN4O3. The predicted octanol–water partition coefficient (Wildman–Crippen LogP) is 3.04. The molecule has 3 rings (SSSR count). The Balaban J connectivity index is 1.60. The van der Waals surface area contributed by atoms with Gasteiger partial charge >= 0.3 is 0 Å². The summed E-state index contributed by atoms with van der Waals surface area (Å²) in [5.74, 6) is 0.285. The summed E-state index contributed by atoms with van der Waals surface area (Å²) in [7, 11) is 0. The first-order valence-electron chi connectivity index (χ1n) is 9.68. The molecule has 2 aromatic rings. The van der Waals surface area contributed by atoms with Crippen LogP contribution in [0.4, 0.5) is 17.1 Å². The van der Waals surface area contributed by atoms with Crippen LogP contribution in [0.15, 0.2) is 42.5 Å². The van der Waals surface area contributed by atoms with E-state index in [1.165, 1.54) is 6.92 Å². The van der Waals surface area contributed by atoms with Gasteiger partial charge < -0.3 is 31.1 Å². The lowest BCUT2D eigenvalue weighted by Gasteiger charge is -2.29. The van der Waals surface area contributed by atoms with Gasteiger partial charge in [0.15, 0.2) is 0 Å². The summed E-state index contributed by atoms with van der Waals surface area (Å²) in [6, 6.07) is 13.0. The van der Waals surface area contributed by atoms with Crippen LogP contribution >= 0.6 is 11.6 Å². The number of β-amino-alcohol motifs (C(OH)–C–C–N with tert-alkyl or cyclic N) is 1. The Kier molecular flexibility index (Phi) is 7.19. The maximum atomic E-state index is 11.1. The molecule has 1 aliphatic rings. The molecule has 1 aliphatic heterocycles. The van der Waals surface area contributed by atoms with Gasteiger partial charge in [-0.1, -0.05) is 23.7 Å². The molecule has 0 radical (unpaired) electrons. The van der Waals surface area contributed by atoms with Gasteiger partial charge in [-0.15, -0.1) is 0 Å². The number of aliphatic hydroxyl groups excluding tert-OH is 1. The van der Waals surface area contributed by atoms with Gasteiger partial charge in [0.25, 0.3) is 0 Å². The van der Waals surface area contributed by atoms with E-state index in [1.807, 2.05) is 24.3 Å². The number of carbonyl (C=O) groups is 1. The zero-order valence-electron chi connectivity index (χ0n) is 16.4. The Morgan fingerprint density at radius 2 is 2.17 bits per heavy atom. The maximum Gasteiger partial charge on any atom is 0.221 e. The number of fused-ring (bicyclic) bond motifs is 1. The van der Waals surface area contributed by atoms with Gasteiger partial charge in [0.1, 0.15) is 18.5 Å². The van der Waals surface area contributed by atoms with Crippen molar-refractivity contribution in [2.75, 3.05) is 35.2 Å². The van der Waals surface area contributed by atoms with Crippen LogP contribution in [-0.4, -0.2) is 43.0 Å². The van der Waals surface area contributed by atoms with Crippen molar-refractivity contribution in [3.63, 3.8) is 0 Å².